The van der Waals surface area contributed by atoms with E-state index in [1.807, 2.05) is 23.4 Å². The van der Waals surface area contributed by atoms with Crippen LogP contribution in [-0.2, 0) is 6.54 Å². The predicted octanol–water partition coefficient (Wildman–Crippen LogP) is 4.61. The summed E-state index contributed by atoms with van der Waals surface area (Å²) in [5.41, 5.74) is 1.50. The second-order valence-electron chi connectivity index (χ2n) is 3.91. The first-order chi connectivity index (χ1) is 8.60. The van der Waals surface area contributed by atoms with E-state index in [1.54, 1.807) is 23.5 Å². The van der Waals surface area contributed by atoms with E-state index in [0.29, 0.717) is 10.6 Å². The van der Waals surface area contributed by atoms with Gasteiger partial charge in [0.25, 0.3) is 0 Å². The van der Waals surface area contributed by atoms with E-state index in [1.165, 1.54) is 4.88 Å². The van der Waals surface area contributed by atoms with E-state index in [-0.39, 0.29) is 0 Å². The van der Waals surface area contributed by atoms with Gasteiger partial charge in [0, 0.05) is 38.1 Å². The zero-order chi connectivity index (χ0) is 13.1. The number of aldehydes is 1. The number of carbonyl (C=O) groups excluding carboxylic acids is 1. The van der Waals surface area contributed by atoms with E-state index in [2.05, 4.69) is 22.0 Å². The van der Waals surface area contributed by atoms with Crippen LogP contribution in [0.3, 0.4) is 0 Å². The number of thiophene rings is 1. The van der Waals surface area contributed by atoms with Crippen LogP contribution >= 0.6 is 38.9 Å². The molecule has 0 radical (unpaired) electrons. The minimum Gasteiger partial charge on any atom is -0.369 e. The van der Waals surface area contributed by atoms with Crippen molar-refractivity contribution in [3.05, 3.63) is 49.6 Å². The van der Waals surface area contributed by atoms with Gasteiger partial charge in [-0.3, -0.25) is 4.79 Å². The molecule has 0 bridgehead atoms. The molecule has 2 rings (SSSR count). The van der Waals surface area contributed by atoms with Gasteiger partial charge in [-0.05, 0) is 40.2 Å². The van der Waals surface area contributed by atoms with Crippen molar-refractivity contribution in [2.75, 3.05) is 11.9 Å². The van der Waals surface area contributed by atoms with Gasteiger partial charge in [-0.1, -0.05) is 11.6 Å². The summed E-state index contributed by atoms with van der Waals surface area (Å²) in [6.45, 7) is 0.747. The second kappa shape index (κ2) is 5.87. The minimum absolute atomic E-state index is 0.634. The standard InChI is InChI=1S/C13H11BrClNOS/c1-16(6-12-4-10(14)8-18-12)13-5-11(15)3-2-9(13)7-17/h2-5,7-8H,6H2,1H3. The van der Waals surface area contributed by atoms with E-state index >= 15 is 0 Å². The monoisotopic (exact) mass is 343 g/mol. The van der Waals surface area contributed by atoms with Crippen molar-refractivity contribution in [1.82, 2.24) is 0 Å². The second-order valence-corrected chi connectivity index (χ2v) is 6.26. The van der Waals surface area contributed by atoms with E-state index < -0.39 is 0 Å². The number of anilines is 1. The van der Waals surface area contributed by atoms with Crippen molar-refractivity contribution in [3.8, 4) is 0 Å². The Balaban J connectivity index is 2.25. The Morgan fingerprint density at radius 3 is 2.83 bits per heavy atom. The lowest BCUT2D eigenvalue weighted by atomic mass is 10.2. The number of carbonyl (C=O) groups is 1. The van der Waals surface area contributed by atoms with Gasteiger partial charge in [-0.25, -0.2) is 0 Å². The van der Waals surface area contributed by atoms with Gasteiger partial charge in [0.05, 0.1) is 6.54 Å². The zero-order valence-electron chi connectivity index (χ0n) is 9.69. The number of rotatable bonds is 4. The Hall–Kier alpha value is -0.840. The summed E-state index contributed by atoms with van der Waals surface area (Å²) in [5.74, 6) is 0. The van der Waals surface area contributed by atoms with Crippen LogP contribution in [0.1, 0.15) is 15.2 Å². The number of hydrogen-bond acceptors (Lipinski definition) is 3. The Bertz CT molecular complexity index is 570. The Morgan fingerprint density at radius 2 is 2.22 bits per heavy atom. The topological polar surface area (TPSA) is 20.3 Å². The van der Waals surface area contributed by atoms with Crippen molar-refractivity contribution in [3.63, 3.8) is 0 Å². The first-order valence-electron chi connectivity index (χ1n) is 5.29. The highest BCUT2D eigenvalue weighted by Crippen LogP contribution is 2.26. The van der Waals surface area contributed by atoms with Crippen molar-refractivity contribution in [2.45, 2.75) is 6.54 Å². The van der Waals surface area contributed by atoms with Gasteiger partial charge in [-0.15, -0.1) is 11.3 Å². The van der Waals surface area contributed by atoms with Crippen LogP contribution in [0.25, 0.3) is 0 Å². The molecule has 2 aromatic rings. The van der Waals surface area contributed by atoms with Crippen LogP contribution < -0.4 is 4.90 Å². The zero-order valence-corrected chi connectivity index (χ0v) is 12.8. The summed E-state index contributed by atoms with van der Waals surface area (Å²) in [6, 6.07) is 7.36. The fourth-order valence-electron chi connectivity index (χ4n) is 1.70. The van der Waals surface area contributed by atoms with Crippen LogP contribution in [0.4, 0.5) is 5.69 Å². The molecule has 0 N–H and O–H groups in total. The van der Waals surface area contributed by atoms with Gasteiger partial charge in [0.15, 0.2) is 6.29 Å². The van der Waals surface area contributed by atoms with Gasteiger partial charge < -0.3 is 4.90 Å². The highest BCUT2D eigenvalue weighted by Gasteiger charge is 2.09. The van der Waals surface area contributed by atoms with Crippen LogP contribution in [0.5, 0.6) is 0 Å². The number of hydrogen-bond donors (Lipinski definition) is 0. The number of benzene rings is 1. The normalized spacial score (nSPS) is 10.4. The lowest BCUT2D eigenvalue weighted by Gasteiger charge is -2.20. The molecule has 18 heavy (non-hydrogen) atoms. The van der Waals surface area contributed by atoms with Crippen LogP contribution in [0.2, 0.25) is 5.02 Å². The average Bonchev–Trinajstić information content (AvgIpc) is 2.74. The van der Waals surface area contributed by atoms with Gasteiger partial charge >= 0.3 is 0 Å². The van der Waals surface area contributed by atoms with Crippen molar-refractivity contribution >= 4 is 50.8 Å². The maximum absolute atomic E-state index is 11.0. The summed E-state index contributed by atoms with van der Waals surface area (Å²) in [4.78, 5) is 14.3. The molecular weight excluding hydrogens is 334 g/mol. The lowest BCUT2D eigenvalue weighted by Crippen LogP contribution is -2.17. The van der Waals surface area contributed by atoms with Crippen LogP contribution in [0.15, 0.2) is 34.1 Å². The lowest BCUT2D eigenvalue weighted by molar-refractivity contribution is 0.112. The van der Waals surface area contributed by atoms with Crippen LogP contribution in [0, 0.1) is 0 Å². The molecule has 1 heterocycles. The first-order valence-corrected chi connectivity index (χ1v) is 7.34. The highest BCUT2D eigenvalue weighted by atomic mass is 79.9. The van der Waals surface area contributed by atoms with Gasteiger partial charge in [-0.2, -0.15) is 0 Å². The predicted molar refractivity (Wildman–Crippen MR) is 81.0 cm³/mol. The first kappa shape index (κ1) is 13.6. The Labute approximate surface area is 123 Å². The smallest absolute Gasteiger partial charge is 0.152 e. The number of halogens is 2. The van der Waals surface area contributed by atoms with Crippen LogP contribution in [-0.4, -0.2) is 13.3 Å². The van der Waals surface area contributed by atoms with Crippen molar-refractivity contribution < 1.29 is 4.79 Å². The average molecular weight is 345 g/mol. The summed E-state index contributed by atoms with van der Waals surface area (Å²) in [6.07, 6.45) is 0.854. The Morgan fingerprint density at radius 1 is 1.44 bits per heavy atom. The molecule has 2 nitrogen and oxygen atoms in total. The van der Waals surface area contributed by atoms with Gasteiger partial charge in [0.2, 0.25) is 0 Å². The third-order valence-corrected chi connectivity index (χ3v) is 4.46. The SMILES string of the molecule is CN(Cc1cc(Br)cs1)c1cc(Cl)ccc1C=O. The molecular formula is C13H11BrClNOS. The molecule has 0 saturated heterocycles. The largest absolute Gasteiger partial charge is 0.369 e. The molecule has 0 aliphatic carbocycles. The summed E-state index contributed by atoms with van der Waals surface area (Å²) < 4.78 is 1.08. The van der Waals surface area contributed by atoms with E-state index in [4.69, 9.17) is 11.6 Å². The molecule has 0 aliphatic rings. The maximum Gasteiger partial charge on any atom is 0.152 e. The summed E-state index contributed by atoms with van der Waals surface area (Å²) in [7, 11) is 1.95. The van der Waals surface area contributed by atoms with Crippen molar-refractivity contribution in [1.29, 1.82) is 0 Å². The molecule has 0 saturated carbocycles. The number of nitrogens with zero attached hydrogens (tertiary/aromatic N) is 1. The third-order valence-electron chi connectivity index (χ3n) is 2.55. The summed E-state index contributed by atoms with van der Waals surface area (Å²) >= 11 is 11.1. The van der Waals surface area contributed by atoms with E-state index in [0.717, 1.165) is 23.0 Å². The molecule has 0 amide bonds. The highest BCUT2D eigenvalue weighted by molar-refractivity contribution is 9.10. The maximum atomic E-state index is 11.0. The molecule has 0 unspecified atom stereocenters. The molecule has 0 spiro atoms. The minimum atomic E-state index is 0.634. The fraction of sp³-hybridized carbons (Fsp3) is 0.154. The molecule has 1 aromatic heterocycles. The fourth-order valence-corrected chi connectivity index (χ4v) is 3.37. The quantitative estimate of drug-likeness (QED) is 0.755. The molecule has 0 atom stereocenters. The Kier molecular flexibility index (Phi) is 4.43. The third kappa shape index (κ3) is 3.13. The van der Waals surface area contributed by atoms with E-state index in [9.17, 15) is 4.79 Å². The summed E-state index contributed by atoms with van der Waals surface area (Å²) in [5, 5.41) is 2.68. The molecule has 0 fully saturated rings. The molecule has 5 heteroatoms. The molecule has 1 aromatic carbocycles. The molecule has 94 valence electrons. The van der Waals surface area contributed by atoms with Crippen molar-refractivity contribution in [2.24, 2.45) is 0 Å². The van der Waals surface area contributed by atoms with Gasteiger partial charge in [0.1, 0.15) is 0 Å². The molecule has 0 aliphatic heterocycles.